The highest BCUT2D eigenvalue weighted by atomic mass is 32.2. The van der Waals surface area contributed by atoms with E-state index in [0.29, 0.717) is 43.0 Å². The molecule has 0 spiro atoms. The van der Waals surface area contributed by atoms with Crippen LogP contribution in [0.2, 0.25) is 0 Å². The minimum atomic E-state index is -0.234. The number of anilines is 2. The number of nitrogens with zero attached hydrogens (tertiary/aromatic N) is 5. The number of aromatic nitrogens is 2. The lowest BCUT2D eigenvalue weighted by Gasteiger charge is -2.36. The SMILES string of the molecule is CCN(CC)c1ccc(-c2nnc(SCC(=O)N3CCN(c4ccccc4F)CC3)o2)cc1. The van der Waals surface area contributed by atoms with E-state index in [9.17, 15) is 9.18 Å². The molecule has 1 aliphatic heterocycles. The lowest BCUT2D eigenvalue weighted by atomic mass is 10.2. The maximum atomic E-state index is 14.0. The van der Waals surface area contributed by atoms with Gasteiger partial charge >= 0.3 is 0 Å². The van der Waals surface area contributed by atoms with Crippen LogP contribution in [0.25, 0.3) is 11.5 Å². The van der Waals surface area contributed by atoms with E-state index in [1.54, 1.807) is 17.0 Å². The summed E-state index contributed by atoms with van der Waals surface area (Å²) >= 11 is 1.24. The van der Waals surface area contributed by atoms with E-state index in [-0.39, 0.29) is 17.5 Å². The normalized spacial score (nSPS) is 13.9. The van der Waals surface area contributed by atoms with Gasteiger partial charge in [-0.15, -0.1) is 10.2 Å². The van der Waals surface area contributed by atoms with Crippen LogP contribution < -0.4 is 9.80 Å². The molecule has 0 atom stereocenters. The first-order valence-electron chi connectivity index (χ1n) is 11.2. The van der Waals surface area contributed by atoms with Crippen molar-refractivity contribution in [3.05, 3.63) is 54.3 Å². The van der Waals surface area contributed by atoms with Crippen molar-refractivity contribution in [2.45, 2.75) is 19.1 Å². The molecule has 1 aliphatic rings. The minimum Gasteiger partial charge on any atom is -0.411 e. The van der Waals surface area contributed by atoms with Crippen LogP contribution in [0.15, 0.2) is 58.2 Å². The molecule has 3 aromatic rings. The Morgan fingerprint density at radius 3 is 2.39 bits per heavy atom. The van der Waals surface area contributed by atoms with Crippen molar-refractivity contribution in [3.8, 4) is 11.5 Å². The molecule has 1 fully saturated rings. The highest BCUT2D eigenvalue weighted by molar-refractivity contribution is 7.99. The second-order valence-electron chi connectivity index (χ2n) is 7.70. The van der Waals surface area contributed by atoms with Gasteiger partial charge in [-0.25, -0.2) is 4.39 Å². The summed E-state index contributed by atoms with van der Waals surface area (Å²) in [5.41, 5.74) is 2.59. The molecule has 0 saturated carbocycles. The van der Waals surface area contributed by atoms with Crippen LogP contribution in [0.5, 0.6) is 0 Å². The van der Waals surface area contributed by atoms with Crippen molar-refractivity contribution >= 4 is 29.0 Å². The summed E-state index contributed by atoms with van der Waals surface area (Å²) < 4.78 is 19.8. The topological polar surface area (TPSA) is 65.7 Å². The molecule has 33 heavy (non-hydrogen) atoms. The first-order chi connectivity index (χ1) is 16.1. The predicted molar refractivity (Wildman–Crippen MR) is 129 cm³/mol. The monoisotopic (exact) mass is 469 g/mol. The van der Waals surface area contributed by atoms with Gasteiger partial charge in [-0.2, -0.15) is 0 Å². The standard InChI is InChI=1S/C24H28FN5O2S/c1-3-28(4-2)19-11-9-18(10-12-19)23-26-27-24(32-23)33-17-22(31)30-15-13-29(14-16-30)21-8-6-5-7-20(21)25/h5-12H,3-4,13-17H2,1-2H3. The fraction of sp³-hybridized carbons (Fsp3) is 0.375. The third kappa shape index (κ3) is 5.47. The van der Waals surface area contributed by atoms with Crippen LogP contribution in [0.4, 0.5) is 15.8 Å². The molecule has 0 bridgehead atoms. The van der Waals surface area contributed by atoms with Gasteiger partial charge in [-0.05, 0) is 50.2 Å². The molecular formula is C24H28FN5O2S. The van der Waals surface area contributed by atoms with Crippen molar-refractivity contribution in [2.24, 2.45) is 0 Å². The third-order valence-corrected chi connectivity index (χ3v) is 6.60. The largest absolute Gasteiger partial charge is 0.411 e. The van der Waals surface area contributed by atoms with Gasteiger partial charge in [0.05, 0.1) is 11.4 Å². The maximum absolute atomic E-state index is 14.0. The van der Waals surface area contributed by atoms with Crippen LogP contribution in [0.3, 0.4) is 0 Å². The van der Waals surface area contributed by atoms with E-state index in [1.165, 1.54) is 17.8 Å². The van der Waals surface area contributed by atoms with E-state index >= 15 is 0 Å². The summed E-state index contributed by atoms with van der Waals surface area (Å²) in [5.74, 6) is 0.441. The number of halogens is 1. The van der Waals surface area contributed by atoms with E-state index in [2.05, 4.69) is 28.9 Å². The Bertz CT molecular complexity index is 1060. The number of amides is 1. The van der Waals surface area contributed by atoms with Gasteiger partial charge in [0.15, 0.2) is 0 Å². The van der Waals surface area contributed by atoms with Crippen LogP contribution in [-0.2, 0) is 4.79 Å². The zero-order valence-electron chi connectivity index (χ0n) is 18.9. The fourth-order valence-electron chi connectivity index (χ4n) is 3.91. The Morgan fingerprint density at radius 1 is 1.03 bits per heavy atom. The van der Waals surface area contributed by atoms with Gasteiger partial charge < -0.3 is 19.1 Å². The Hall–Kier alpha value is -3.07. The number of rotatable bonds is 8. The number of piperazine rings is 1. The number of benzene rings is 2. The zero-order valence-corrected chi connectivity index (χ0v) is 19.7. The summed E-state index contributed by atoms with van der Waals surface area (Å²) in [5, 5.41) is 8.57. The van der Waals surface area contributed by atoms with E-state index in [4.69, 9.17) is 4.42 Å². The molecule has 0 unspecified atom stereocenters. The van der Waals surface area contributed by atoms with Crippen molar-refractivity contribution in [2.75, 3.05) is 54.8 Å². The maximum Gasteiger partial charge on any atom is 0.277 e. The van der Waals surface area contributed by atoms with E-state index < -0.39 is 0 Å². The lowest BCUT2D eigenvalue weighted by Crippen LogP contribution is -2.49. The summed E-state index contributed by atoms with van der Waals surface area (Å²) in [6.07, 6.45) is 0. The molecule has 0 N–H and O–H groups in total. The quantitative estimate of drug-likeness (QED) is 0.459. The molecule has 2 heterocycles. The van der Waals surface area contributed by atoms with Crippen molar-refractivity contribution in [1.82, 2.24) is 15.1 Å². The van der Waals surface area contributed by atoms with Gasteiger partial charge in [-0.3, -0.25) is 4.79 Å². The van der Waals surface area contributed by atoms with Crippen molar-refractivity contribution < 1.29 is 13.6 Å². The Labute approximate surface area is 197 Å². The highest BCUT2D eigenvalue weighted by Gasteiger charge is 2.23. The van der Waals surface area contributed by atoms with Gasteiger partial charge in [-0.1, -0.05) is 23.9 Å². The van der Waals surface area contributed by atoms with Crippen LogP contribution in [0, 0.1) is 5.82 Å². The van der Waals surface area contributed by atoms with Gasteiger partial charge in [0.1, 0.15) is 5.82 Å². The van der Waals surface area contributed by atoms with Crippen LogP contribution >= 0.6 is 11.8 Å². The van der Waals surface area contributed by atoms with Gasteiger partial charge in [0.2, 0.25) is 11.8 Å². The average molecular weight is 470 g/mol. The van der Waals surface area contributed by atoms with Gasteiger partial charge in [0, 0.05) is 50.5 Å². The van der Waals surface area contributed by atoms with Crippen LogP contribution in [0.1, 0.15) is 13.8 Å². The summed E-state index contributed by atoms with van der Waals surface area (Å²) in [6, 6.07) is 14.8. The second kappa shape index (κ2) is 10.7. The molecule has 1 amide bonds. The Morgan fingerprint density at radius 2 is 1.73 bits per heavy atom. The molecule has 2 aromatic carbocycles. The third-order valence-electron chi connectivity index (χ3n) is 5.79. The lowest BCUT2D eigenvalue weighted by molar-refractivity contribution is -0.128. The zero-order chi connectivity index (χ0) is 23.2. The summed E-state index contributed by atoms with van der Waals surface area (Å²) in [4.78, 5) is 18.7. The number of thioether (sulfide) groups is 1. The van der Waals surface area contributed by atoms with E-state index in [1.807, 2.05) is 35.2 Å². The summed E-state index contributed by atoms with van der Waals surface area (Å²) in [7, 11) is 0. The molecule has 9 heteroatoms. The number of para-hydroxylation sites is 1. The second-order valence-corrected chi connectivity index (χ2v) is 8.63. The first kappa shape index (κ1) is 23.1. The fourth-order valence-corrected chi connectivity index (χ4v) is 4.57. The number of hydrogen-bond acceptors (Lipinski definition) is 7. The number of carbonyl (C=O) groups excluding carboxylic acids is 1. The van der Waals surface area contributed by atoms with Gasteiger partial charge in [0.25, 0.3) is 5.22 Å². The van der Waals surface area contributed by atoms with Crippen molar-refractivity contribution in [1.29, 1.82) is 0 Å². The highest BCUT2D eigenvalue weighted by Crippen LogP contribution is 2.26. The molecule has 0 radical (unpaired) electrons. The molecule has 1 aromatic heterocycles. The minimum absolute atomic E-state index is 0.0107. The summed E-state index contributed by atoms with van der Waals surface area (Å²) in [6.45, 7) is 8.47. The molecular weight excluding hydrogens is 441 g/mol. The Balaban J connectivity index is 1.28. The smallest absolute Gasteiger partial charge is 0.277 e. The number of hydrogen-bond donors (Lipinski definition) is 0. The first-order valence-corrected chi connectivity index (χ1v) is 12.2. The molecule has 174 valence electrons. The van der Waals surface area contributed by atoms with Crippen molar-refractivity contribution in [3.63, 3.8) is 0 Å². The molecule has 0 aliphatic carbocycles. The average Bonchev–Trinajstić information content (AvgIpc) is 3.33. The van der Waals surface area contributed by atoms with Crippen LogP contribution in [-0.4, -0.2) is 66.0 Å². The number of carbonyl (C=O) groups is 1. The predicted octanol–water partition coefficient (Wildman–Crippen LogP) is 4.16. The van der Waals surface area contributed by atoms with E-state index in [0.717, 1.165) is 24.3 Å². The molecule has 4 rings (SSSR count). The Kier molecular flexibility index (Phi) is 7.49. The molecule has 7 nitrogen and oxygen atoms in total. The molecule has 1 saturated heterocycles.